The van der Waals surface area contributed by atoms with E-state index < -0.39 is 0 Å². The number of aromatic nitrogens is 2. The first-order valence-electron chi connectivity index (χ1n) is 6.36. The monoisotopic (exact) mass is 270 g/mol. The summed E-state index contributed by atoms with van der Waals surface area (Å²) in [6.07, 6.45) is 6.67. The minimum absolute atomic E-state index is 0.486. The Balaban J connectivity index is 2.05. The number of nitrogens with zero attached hydrogens (tertiary/aromatic N) is 2. The van der Waals surface area contributed by atoms with Gasteiger partial charge in [-0.3, -0.25) is 0 Å². The molecule has 0 saturated heterocycles. The topological polar surface area (TPSA) is 25.8 Å². The molecule has 0 amide bonds. The van der Waals surface area contributed by atoms with E-state index in [9.17, 15) is 0 Å². The first-order valence-corrected chi connectivity index (χ1v) is 6.74. The zero-order valence-corrected chi connectivity index (χ0v) is 11.6. The molecule has 0 aliphatic rings. The highest BCUT2D eigenvalue weighted by Crippen LogP contribution is 2.07. The van der Waals surface area contributed by atoms with E-state index in [0.29, 0.717) is 10.8 Å². The molecular weight excluding hydrogens is 256 g/mol. The Hall–Kier alpha value is -1.85. The van der Waals surface area contributed by atoms with Gasteiger partial charge in [0, 0.05) is 5.56 Å². The van der Waals surface area contributed by atoms with E-state index in [2.05, 4.69) is 40.9 Å². The predicted octanol–water partition coefficient (Wildman–Crippen LogP) is 3.87. The maximum Gasteiger partial charge on any atom is 0.205 e. The Morgan fingerprint density at radius 2 is 1.74 bits per heavy atom. The molecule has 3 heteroatoms. The lowest BCUT2D eigenvalue weighted by molar-refractivity contribution is 0.795. The summed E-state index contributed by atoms with van der Waals surface area (Å²) in [5.41, 5.74) is 2.33. The predicted molar refractivity (Wildman–Crippen MR) is 78.1 cm³/mol. The lowest BCUT2D eigenvalue weighted by atomic mass is 10.1. The molecule has 0 unspecified atom stereocenters. The summed E-state index contributed by atoms with van der Waals surface area (Å²) in [5, 5.41) is 0.519. The van der Waals surface area contributed by atoms with E-state index in [1.807, 2.05) is 12.1 Å². The summed E-state index contributed by atoms with van der Waals surface area (Å²) >= 11 is 5.71. The van der Waals surface area contributed by atoms with Gasteiger partial charge < -0.3 is 0 Å². The smallest absolute Gasteiger partial charge is 0.205 e. The molecule has 0 saturated carbocycles. The van der Waals surface area contributed by atoms with Gasteiger partial charge in [0.15, 0.2) is 0 Å². The summed E-state index contributed by atoms with van der Waals surface area (Å²) < 4.78 is 0. The first kappa shape index (κ1) is 13.6. The van der Waals surface area contributed by atoms with Crippen LogP contribution < -0.4 is 0 Å². The molecule has 2 nitrogen and oxygen atoms in total. The Labute approximate surface area is 118 Å². The fourth-order valence-corrected chi connectivity index (χ4v) is 1.74. The minimum Gasteiger partial charge on any atom is -0.228 e. The second-order valence-corrected chi connectivity index (χ2v) is 4.71. The number of hydrogen-bond acceptors (Lipinski definition) is 2. The molecule has 1 aromatic heterocycles. The van der Waals surface area contributed by atoms with E-state index in [-0.39, 0.29) is 0 Å². The van der Waals surface area contributed by atoms with Gasteiger partial charge in [-0.25, -0.2) is 9.97 Å². The van der Waals surface area contributed by atoms with Crippen molar-refractivity contribution in [2.24, 2.45) is 0 Å². The van der Waals surface area contributed by atoms with Gasteiger partial charge in [-0.2, -0.15) is 0 Å². The van der Waals surface area contributed by atoms with Crippen LogP contribution in [-0.2, 0) is 6.42 Å². The average molecular weight is 271 g/mol. The van der Waals surface area contributed by atoms with Gasteiger partial charge in [0.25, 0.3) is 0 Å². The van der Waals surface area contributed by atoms with E-state index in [4.69, 9.17) is 11.6 Å². The molecule has 0 N–H and O–H groups in total. The highest BCUT2D eigenvalue weighted by atomic mass is 35.5. The van der Waals surface area contributed by atoms with Crippen LogP contribution in [0.1, 0.15) is 36.7 Å². The molecule has 0 aliphatic carbocycles. The van der Waals surface area contributed by atoms with Crippen molar-refractivity contribution < 1.29 is 0 Å². The van der Waals surface area contributed by atoms with Gasteiger partial charge in [-0.05, 0) is 36.5 Å². The Morgan fingerprint density at radius 1 is 1.05 bits per heavy atom. The highest BCUT2D eigenvalue weighted by molar-refractivity contribution is 6.30. The third-order valence-electron chi connectivity index (χ3n) is 2.71. The van der Waals surface area contributed by atoms with Crippen molar-refractivity contribution in [2.75, 3.05) is 0 Å². The van der Waals surface area contributed by atoms with Gasteiger partial charge in [-0.15, -0.1) is 0 Å². The van der Waals surface area contributed by atoms with Crippen LogP contribution in [0.5, 0.6) is 0 Å². The van der Waals surface area contributed by atoms with Crippen LogP contribution in [0.25, 0.3) is 0 Å². The van der Waals surface area contributed by atoms with Crippen LogP contribution in [0.2, 0.25) is 5.02 Å². The fourth-order valence-electron chi connectivity index (χ4n) is 1.64. The Bertz CT molecular complexity index is 577. The lowest BCUT2D eigenvalue weighted by Gasteiger charge is -1.99. The van der Waals surface area contributed by atoms with Crippen LogP contribution in [-0.4, -0.2) is 9.97 Å². The second kappa shape index (κ2) is 6.92. The number of benzene rings is 1. The third kappa shape index (κ3) is 4.39. The summed E-state index contributed by atoms with van der Waals surface area (Å²) in [4.78, 5) is 8.07. The molecule has 0 spiro atoms. The van der Waals surface area contributed by atoms with Gasteiger partial charge in [-0.1, -0.05) is 43.0 Å². The average Bonchev–Trinajstić information content (AvgIpc) is 2.46. The quantitative estimate of drug-likeness (QED) is 0.791. The summed E-state index contributed by atoms with van der Waals surface area (Å²) in [6.45, 7) is 2.20. The zero-order chi connectivity index (χ0) is 13.5. The number of rotatable bonds is 3. The SMILES string of the molecule is CCCCc1ccc(C#Cc2ncc(Cl)cn2)cc1. The van der Waals surface area contributed by atoms with Crippen LogP contribution in [0, 0.1) is 11.8 Å². The van der Waals surface area contributed by atoms with Crippen molar-refractivity contribution in [3.05, 3.63) is 58.6 Å². The van der Waals surface area contributed by atoms with Crippen molar-refractivity contribution in [3.8, 4) is 11.8 Å². The lowest BCUT2D eigenvalue weighted by Crippen LogP contribution is -1.87. The Morgan fingerprint density at radius 3 is 2.37 bits per heavy atom. The summed E-state index contributed by atoms with van der Waals surface area (Å²) in [5.74, 6) is 6.45. The van der Waals surface area contributed by atoms with Crippen molar-refractivity contribution in [3.63, 3.8) is 0 Å². The normalized spacial score (nSPS) is 9.79. The molecule has 0 radical (unpaired) electrons. The van der Waals surface area contributed by atoms with Crippen molar-refractivity contribution in [2.45, 2.75) is 26.2 Å². The van der Waals surface area contributed by atoms with Crippen LogP contribution in [0.3, 0.4) is 0 Å². The van der Waals surface area contributed by atoms with Gasteiger partial charge in [0.1, 0.15) is 0 Å². The molecule has 19 heavy (non-hydrogen) atoms. The molecule has 96 valence electrons. The number of hydrogen-bond donors (Lipinski definition) is 0. The molecular formula is C16H15ClN2. The van der Waals surface area contributed by atoms with E-state index >= 15 is 0 Å². The number of unbranched alkanes of at least 4 members (excludes halogenated alkanes) is 1. The maximum absolute atomic E-state index is 5.71. The van der Waals surface area contributed by atoms with E-state index in [1.165, 1.54) is 18.4 Å². The molecule has 1 aromatic carbocycles. The van der Waals surface area contributed by atoms with Crippen molar-refractivity contribution in [1.29, 1.82) is 0 Å². The molecule has 2 aromatic rings. The van der Waals surface area contributed by atoms with Crippen LogP contribution >= 0.6 is 11.6 Å². The maximum atomic E-state index is 5.71. The largest absolute Gasteiger partial charge is 0.228 e. The Kier molecular flexibility index (Phi) is 4.94. The van der Waals surface area contributed by atoms with Gasteiger partial charge in [0.05, 0.1) is 17.4 Å². The highest BCUT2D eigenvalue weighted by Gasteiger charge is 1.93. The van der Waals surface area contributed by atoms with Gasteiger partial charge >= 0.3 is 0 Å². The van der Waals surface area contributed by atoms with E-state index in [1.54, 1.807) is 12.4 Å². The second-order valence-electron chi connectivity index (χ2n) is 4.28. The van der Waals surface area contributed by atoms with Crippen molar-refractivity contribution in [1.82, 2.24) is 9.97 Å². The molecule has 0 aliphatic heterocycles. The van der Waals surface area contributed by atoms with Crippen LogP contribution in [0.4, 0.5) is 0 Å². The molecule has 1 heterocycles. The van der Waals surface area contributed by atoms with Crippen LogP contribution in [0.15, 0.2) is 36.7 Å². The molecule has 2 rings (SSSR count). The molecule has 0 fully saturated rings. The molecule has 0 atom stereocenters. The number of halogens is 1. The first-order chi connectivity index (χ1) is 9.28. The third-order valence-corrected chi connectivity index (χ3v) is 2.91. The van der Waals surface area contributed by atoms with Crippen molar-refractivity contribution >= 4 is 11.6 Å². The zero-order valence-electron chi connectivity index (χ0n) is 10.9. The fraction of sp³-hybridized carbons (Fsp3) is 0.250. The minimum atomic E-state index is 0.486. The summed E-state index contributed by atoms with van der Waals surface area (Å²) in [6, 6.07) is 8.33. The standard InChI is InChI=1S/C16H15ClN2/c1-2-3-4-13-5-7-14(8-6-13)9-10-16-18-11-15(17)12-19-16/h5-8,11-12H,2-4H2,1H3. The van der Waals surface area contributed by atoms with E-state index in [0.717, 1.165) is 12.0 Å². The van der Waals surface area contributed by atoms with Gasteiger partial charge in [0.2, 0.25) is 5.82 Å². The summed E-state index contributed by atoms with van der Waals surface area (Å²) in [7, 11) is 0. The molecule has 0 bridgehead atoms. The number of aryl methyl sites for hydroxylation is 1.